The monoisotopic (exact) mass is 570 g/mol. The van der Waals surface area contributed by atoms with Gasteiger partial charge in [0, 0.05) is 33.3 Å². The average molecular weight is 571 g/mol. The number of benzene rings is 5. The summed E-state index contributed by atoms with van der Waals surface area (Å²) in [4.78, 5) is 31.0. The zero-order valence-corrected chi connectivity index (χ0v) is 22.9. The molecule has 0 saturated heterocycles. The maximum absolute atomic E-state index is 14.2. The Hall–Kier alpha value is -5.33. The van der Waals surface area contributed by atoms with Gasteiger partial charge in [-0.1, -0.05) is 72.3 Å². The maximum atomic E-state index is 14.2. The van der Waals surface area contributed by atoms with E-state index >= 15 is 0 Å². The molecule has 1 aliphatic carbocycles. The van der Waals surface area contributed by atoms with Crippen molar-refractivity contribution in [3.63, 3.8) is 0 Å². The van der Waals surface area contributed by atoms with Crippen LogP contribution in [0.3, 0.4) is 0 Å². The van der Waals surface area contributed by atoms with E-state index in [1.165, 1.54) is 0 Å². The fourth-order valence-electron chi connectivity index (χ4n) is 5.35. The van der Waals surface area contributed by atoms with Gasteiger partial charge in [0.2, 0.25) is 0 Å². The van der Waals surface area contributed by atoms with Crippen LogP contribution in [0.25, 0.3) is 22.0 Å². The third-order valence-corrected chi connectivity index (χ3v) is 7.50. The molecule has 1 heterocycles. The molecule has 2 N–H and O–H groups in total. The fourth-order valence-corrected chi connectivity index (χ4v) is 5.47. The molecular weight excluding hydrogens is 548 g/mol. The van der Waals surface area contributed by atoms with E-state index in [4.69, 9.17) is 21.1 Å². The predicted octanol–water partition coefficient (Wildman–Crippen LogP) is 8.51. The summed E-state index contributed by atoms with van der Waals surface area (Å²) in [6, 6.07) is 35.0. The number of ketones is 1. The third kappa shape index (κ3) is 4.58. The number of nitrogens with one attached hydrogen (secondary N) is 2. The highest BCUT2D eigenvalue weighted by atomic mass is 35.5. The molecule has 0 atom stereocenters. The van der Waals surface area contributed by atoms with Crippen molar-refractivity contribution >= 4 is 39.7 Å². The average Bonchev–Trinajstić information content (AvgIpc) is 3.02. The van der Waals surface area contributed by atoms with Crippen molar-refractivity contribution < 1.29 is 14.3 Å². The molecule has 1 aromatic heterocycles. The summed E-state index contributed by atoms with van der Waals surface area (Å²) in [6.07, 6.45) is 0. The van der Waals surface area contributed by atoms with E-state index in [2.05, 4.69) is 10.3 Å². The lowest BCUT2D eigenvalue weighted by molar-refractivity contribution is 0.104. The van der Waals surface area contributed by atoms with Crippen molar-refractivity contribution in [1.82, 2.24) is 4.98 Å². The van der Waals surface area contributed by atoms with Crippen LogP contribution < -0.4 is 20.3 Å². The van der Waals surface area contributed by atoms with E-state index in [0.29, 0.717) is 66.7 Å². The Labute approximate surface area is 246 Å². The number of carbonyl (C=O) groups is 1. The second-order valence-electron chi connectivity index (χ2n) is 9.88. The lowest BCUT2D eigenvalue weighted by atomic mass is 9.81. The van der Waals surface area contributed by atoms with Crippen molar-refractivity contribution in [2.75, 3.05) is 5.32 Å². The number of anilines is 2. The van der Waals surface area contributed by atoms with Crippen LogP contribution in [-0.2, 0) is 6.61 Å². The summed E-state index contributed by atoms with van der Waals surface area (Å²) in [5.41, 5.74) is 4.15. The minimum Gasteiger partial charge on any atom is -0.489 e. The van der Waals surface area contributed by atoms with Gasteiger partial charge in [0.05, 0.1) is 22.3 Å². The SMILES string of the molecule is O=C1c2ccccc2-c2c(COc3ccccc3)c(=O)[nH]c3c(Oc4ccc(Cl)cc4)cc(Nc4ccccc4)c1c23. The highest BCUT2D eigenvalue weighted by Gasteiger charge is 2.33. The standard InChI is InChI=1S/C35H23ClN2O4/c36-21-15-17-24(18-16-21)42-29-19-28(37-22-9-3-1-4-10-22)31-32-30(25-13-7-8-14-26(25)34(31)39)27(35(40)38-33(29)32)20-41-23-11-5-2-6-12-23/h1-19,37H,20H2,(H,38,40). The topological polar surface area (TPSA) is 80.4 Å². The quantitative estimate of drug-likeness (QED) is 0.201. The smallest absolute Gasteiger partial charge is 0.255 e. The van der Waals surface area contributed by atoms with Crippen LogP contribution in [-0.4, -0.2) is 10.8 Å². The van der Waals surface area contributed by atoms with Crippen molar-refractivity contribution in [3.8, 4) is 28.4 Å². The summed E-state index contributed by atoms with van der Waals surface area (Å²) in [6.45, 7) is 0.0102. The van der Waals surface area contributed by atoms with Gasteiger partial charge in [0.15, 0.2) is 11.5 Å². The summed E-state index contributed by atoms with van der Waals surface area (Å²) in [5, 5.41) is 4.59. The molecule has 6 nitrogen and oxygen atoms in total. The molecule has 7 rings (SSSR count). The Bertz CT molecular complexity index is 2020. The summed E-state index contributed by atoms with van der Waals surface area (Å²) in [5.74, 6) is 1.40. The highest BCUT2D eigenvalue weighted by Crippen LogP contribution is 2.47. The first-order chi connectivity index (χ1) is 20.6. The number of pyridine rings is 1. The molecular formula is C35H23ClN2O4. The van der Waals surface area contributed by atoms with Crippen LogP contribution >= 0.6 is 11.6 Å². The molecule has 0 radical (unpaired) electrons. The lowest BCUT2D eigenvalue weighted by Gasteiger charge is -2.26. The minimum absolute atomic E-state index is 0.0102. The van der Waals surface area contributed by atoms with Gasteiger partial charge in [-0.05, 0) is 54.1 Å². The summed E-state index contributed by atoms with van der Waals surface area (Å²) in [7, 11) is 0. The number of para-hydroxylation sites is 2. The molecule has 5 aromatic carbocycles. The lowest BCUT2D eigenvalue weighted by Crippen LogP contribution is -2.22. The van der Waals surface area contributed by atoms with Crippen molar-refractivity contribution in [2.45, 2.75) is 6.61 Å². The predicted molar refractivity (Wildman–Crippen MR) is 165 cm³/mol. The molecule has 0 amide bonds. The zero-order chi connectivity index (χ0) is 28.6. The number of halogens is 1. The van der Waals surface area contributed by atoms with Gasteiger partial charge in [-0.3, -0.25) is 9.59 Å². The largest absolute Gasteiger partial charge is 0.489 e. The fraction of sp³-hybridized carbons (Fsp3) is 0.0286. The first-order valence-corrected chi connectivity index (χ1v) is 13.8. The number of aromatic nitrogens is 1. The van der Waals surface area contributed by atoms with Crippen LogP contribution in [0.1, 0.15) is 21.5 Å². The number of aromatic amines is 1. The second-order valence-corrected chi connectivity index (χ2v) is 10.3. The third-order valence-electron chi connectivity index (χ3n) is 7.24. The number of ether oxygens (including phenoxy) is 2. The molecule has 0 saturated carbocycles. The number of hydrogen-bond acceptors (Lipinski definition) is 5. The first kappa shape index (κ1) is 25.6. The van der Waals surface area contributed by atoms with Gasteiger partial charge >= 0.3 is 0 Å². The molecule has 0 aliphatic heterocycles. The van der Waals surface area contributed by atoms with Gasteiger partial charge in [0.1, 0.15) is 18.1 Å². The maximum Gasteiger partial charge on any atom is 0.255 e. The number of carbonyl (C=O) groups excluding carboxylic acids is 1. The van der Waals surface area contributed by atoms with E-state index in [-0.39, 0.29) is 17.9 Å². The van der Waals surface area contributed by atoms with Gasteiger partial charge in [-0.15, -0.1) is 0 Å². The van der Waals surface area contributed by atoms with Gasteiger partial charge < -0.3 is 19.8 Å². The van der Waals surface area contributed by atoms with E-state index < -0.39 is 0 Å². The molecule has 7 heteroatoms. The van der Waals surface area contributed by atoms with Crippen LogP contribution in [0.4, 0.5) is 11.4 Å². The number of rotatable bonds is 7. The number of H-pyrrole nitrogens is 1. The van der Waals surface area contributed by atoms with E-state index in [0.717, 1.165) is 5.69 Å². The van der Waals surface area contributed by atoms with Crippen molar-refractivity contribution in [1.29, 1.82) is 0 Å². The minimum atomic E-state index is -0.326. The Kier molecular flexibility index (Phi) is 6.45. The van der Waals surface area contributed by atoms with E-state index in [9.17, 15) is 9.59 Å². The Balaban J connectivity index is 1.51. The Morgan fingerprint density at radius 3 is 2.12 bits per heavy atom. The summed E-state index contributed by atoms with van der Waals surface area (Å²) >= 11 is 6.11. The number of hydrogen-bond donors (Lipinski definition) is 2. The van der Waals surface area contributed by atoms with Crippen LogP contribution in [0.15, 0.2) is 120 Å². The Morgan fingerprint density at radius 2 is 1.38 bits per heavy atom. The molecule has 0 spiro atoms. The van der Waals surface area contributed by atoms with E-state index in [1.807, 2.05) is 78.9 Å². The van der Waals surface area contributed by atoms with Gasteiger partial charge in [-0.2, -0.15) is 0 Å². The first-order valence-electron chi connectivity index (χ1n) is 13.4. The van der Waals surface area contributed by atoms with Crippen LogP contribution in [0.5, 0.6) is 17.2 Å². The molecule has 42 heavy (non-hydrogen) atoms. The molecule has 6 aromatic rings. The molecule has 0 fully saturated rings. The molecule has 0 bridgehead atoms. The molecule has 0 unspecified atom stereocenters. The van der Waals surface area contributed by atoms with E-state index in [1.54, 1.807) is 36.4 Å². The van der Waals surface area contributed by atoms with Gasteiger partial charge in [0.25, 0.3) is 5.56 Å². The van der Waals surface area contributed by atoms with Crippen molar-refractivity contribution in [3.05, 3.63) is 147 Å². The van der Waals surface area contributed by atoms with Crippen molar-refractivity contribution in [2.24, 2.45) is 0 Å². The normalized spacial score (nSPS) is 11.7. The summed E-state index contributed by atoms with van der Waals surface area (Å²) < 4.78 is 12.4. The van der Waals surface area contributed by atoms with Crippen LogP contribution in [0.2, 0.25) is 5.02 Å². The highest BCUT2D eigenvalue weighted by molar-refractivity contribution is 6.30. The van der Waals surface area contributed by atoms with Gasteiger partial charge in [-0.25, -0.2) is 0 Å². The Morgan fingerprint density at radius 1 is 0.714 bits per heavy atom. The molecule has 204 valence electrons. The van der Waals surface area contributed by atoms with Crippen LogP contribution in [0, 0.1) is 0 Å². The second kappa shape index (κ2) is 10.6. The zero-order valence-electron chi connectivity index (χ0n) is 22.2. The number of fused-ring (bicyclic) bond motifs is 2. The molecule has 1 aliphatic rings.